The van der Waals surface area contributed by atoms with Crippen molar-refractivity contribution in [3.05, 3.63) is 58.1 Å². The predicted octanol–water partition coefficient (Wildman–Crippen LogP) is 2.33. The smallest absolute Gasteiger partial charge is 0.228 e. The molecule has 5 heteroatoms. The summed E-state index contributed by atoms with van der Waals surface area (Å²) in [6.07, 6.45) is 2.31. The van der Waals surface area contributed by atoms with Crippen molar-refractivity contribution in [3.63, 3.8) is 0 Å². The van der Waals surface area contributed by atoms with Gasteiger partial charge in [-0.15, -0.1) is 0 Å². The maximum Gasteiger partial charge on any atom is 0.228 e. The number of methoxy groups -OCH3 is 2. The van der Waals surface area contributed by atoms with Crippen molar-refractivity contribution in [1.29, 1.82) is 0 Å². The number of ketones is 2. The van der Waals surface area contributed by atoms with Crippen LogP contribution in [0.5, 0.6) is 0 Å². The average Bonchev–Trinajstić information content (AvgIpc) is 2.60. The Morgan fingerprint density at radius 2 is 1.62 bits per heavy atom. The molecule has 5 nitrogen and oxygen atoms in total. The van der Waals surface area contributed by atoms with Crippen LogP contribution in [0.1, 0.15) is 24.5 Å². The van der Waals surface area contributed by atoms with Crippen LogP contribution in [0.25, 0.3) is 0 Å². The van der Waals surface area contributed by atoms with Crippen molar-refractivity contribution in [1.82, 2.24) is 0 Å². The first-order valence-corrected chi connectivity index (χ1v) is 7.66. The van der Waals surface area contributed by atoms with E-state index in [1.807, 2.05) is 24.3 Å². The Kier molecular flexibility index (Phi) is 5.68. The highest BCUT2D eigenvalue weighted by molar-refractivity contribution is 6.23. The van der Waals surface area contributed by atoms with E-state index in [9.17, 15) is 14.4 Å². The highest BCUT2D eigenvalue weighted by Crippen LogP contribution is 2.28. The van der Waals surface area contributed by atoms with Crippen LogP contribution in [0.3, 0.4) is 0 Å². The standard InChI is InChI=1S/C19H20O5/c1-12-15(17(22)19(24-3)18(23-2)16(12)21)11-14-7-4-6-13(10-14)8-5-9-20/h4,6-7,9-10H,5,8,11H2,1-3H3. The number of aryl methyl sites for hydroxylation is 1. The van der Waals surface area contributed by atoms with Crippen molar-refractivity contribution in [3.8, 4) is 0 Å². The van der Waals surface area contributed by atoms with Gasteiger partial charge in [-0.2, -0.15) is 0 Å². The van der Waals surface area contributed by atoms with Crippen LogP contribution in [-0.2, 0) is 36.7 Å². The molecule has 0 unspecified atom stereocenters. The monoisotopic (exact) mass is 328 g/mol. The fraction of sp³-hybridized carbons (Fsp3) is 0.316. The Balaban J connectivity index is 2.32. The van der Waals surface area contributed by atoms with E-state index in [4.69, 9.17) is 9.47 Å². The van der Waals surface area contributed by atoms with Gasteiger partial charge in [-0.3, -0.25) is 9.59 Å². The lowest BCUT2D eigenvalue weighted by atomic mass is 9.88. The van der Waals surface area contributed by atoms with Gasteiger partial charge in [0, 0.05) is 24.0 Å². The lowest BCUT2D eigenvalue weighted by Gasteiger charge is -2.20. The van der Waals surface area contributed by atoms with Crippen LogP contribution in [-0.4, -0.2) is 32.1 Å². The number of aldehydes is 1. The third kappa shape index (κ3) is 3.45. The summed E-state index contributed by atoms with van der Waals surface area (Å²) in [7, 11) is 2.69. The second-order valence-electron chi connectivity index (χ2n) is 5.53. The van der Waals surface area contributed by atoms with Gasteiger partial charge in [0.2, 0.25) is 23.1 Å². The summed E-state index contributed by atoms with van der Waals surface area (Å²) in [6, 6.07) is 7.66. The van der Waals surface area contributed by atoms with Crippen molar-refractivity contribution in [2.24, 2.45) is 0 Å². The van der Waals surface area contributed by atoms with Crippen molar-refractivity contribution < 1.29 is 23.9 Å². The zero-order valence-corrected chi connectivity index (χ0v) is 14.0. The molecule has 0 saturated heterocycles. The minimum Gasteiger partial charge on any atom is -0.489 e. The van der Waals surface area contributed by atoms with Crippen LogP contribution in [0.15, 0.2) is 46.9 Å². The van der Waals surface area contributed by atoms with Gasteiger partial charge in [-0.25, -0.2) is 0 Å². The topological polar surface area (TPSA) is 69.7 Å². The SMILES string of the molecule is COC1=C(OC)C(=O)C(Cc2cccc(CCC=O)c2)=C(C)C1=O. The predicted molar refractivity (Wildman–Crippen MR) is 88.3 cm³/mol. The van der Waals surface area contributed by atoms with Gasteiger partial charge in [-0.05, 0) is 24.5 Å². The number of benzene rings is 1. The van der Waals surface area contributed by atoms with E-state index in [-0.39, 0.29) is 23.1 Å². The third-order valence-corrected chi connectivity index (χ3v) is 4.02. The van der Waals surface area contributed by atoms with Gasteiger partial charge in [-0.1, -0.05) is 24.3 Å². The fourth-order valence-electron chi connectivity index (χ4n) is 2.73. The second-order valence-corrected chi connectivity index (χ2v) is 5.53. The maximum absolute atomic E-state index is 12.6. The molecule has 0 aliphatic heterocycles. The molecule has 0 amide bonds. The van der Waals surface area contributed by atoms with Gasteiger partial charge in [0.1, 0.15) is 6.29 Å². The Hall–Kier alpha value is -2.69. The van der Waals surface area contributed by atoms with E-state index in [0.29, 0.717) is 30.4 Å². The number of hydrogen-bond donors (Lipinski definition) is 0. The summed E-state index contributed by atoms with van der Waals surface area (Å²) in [4.78, 5) is 35.5. The number of carbonyl (C=O) groups excluding carboxylic acids is 3. The van der Waals surface area contributed by atoms with Crippen LogP contribution in [0.2, 0.25) is 0 Å². The summed E-state index contributed by atoms with van der Waals surface area (Å²) >= 11 is 0. The van der Waals surface area contributed by atoms with Gasteiger partial charge in [0.25, 0.3) is 0 Å². The fourth-order valence-corrected chi connectivity index (χ4v) is 2.73. The quantitative estimate of drug-likeness (QED) is 0.567. The van der Waals surface area contributed by atoms with Crippen LogP contribution in [0.4, 0.5) is 0 Å². The van der Waals surface area contributed by atoms with Crippen LogP contribution < -0.4 is 0 Å². The maximum atomic E-state index is 12.6. The zero-order chi connectivity index (χ0) is 17.7. The van der Waals surface area contributed by atoms with Crippen molar-refractivity contribution in [2.75, 3.05) is 14.2 Å². The van der Waals surface area contributed by atoms with Crippen LogP contribution in [0, 0.1) is 0 Å². The van der Waals surface area contributed by atoms with E-state index < -0.39 is 0 Å². The molecule has 0 radical (unpaired) electrons. The number of hydrogen-bond acceptors (Lipinski definition) is 5. The van der Waals surface area contributed by atoms with Gasteiger partial charge < -0.3 is 14.3 Å². The largest absolute Gasteiger partial charge is 0.489 e. The van der Waals surface area contributed by atoms with E-state index in [0.717, 1.165) is 17.4 Å². The van der Waals surface area contributed by atoms with Crippen LogP contribution >= 0.6 is 0 Å². The normalized spacial score (nSPS) is 15.0. The summed E-state index contributed by atoms with van der Waals surface area (Å²) in [5.74, 6) is -0.769. The van der Waals surface area contributed by atoms with E-state index in [2.05, 4.69) is 0 Å². The third-order valence-electron chi connectivity index (χ3n) is 4.02. The minimum atomic E-state index is -0.332. The molecule has 1 aliphatic rings. The van der Waals surface area contributed by atoms with Gasteiger partial charge in [0.05, 0.1) is 14.2 Å². The van der Waals surface area contributed by atoms with Gasteiger partial charge >= 0.3 is 0 Å². The Bertz CT molecular complexity index is 740. The lowest BCUT2D eigenvalue weighted by molar-refractivity contribution is -0.121. The molecule has 0 heterocycles. The first-order chi connectivity index (χ1) is 11.5. The molecule has 0 saturated carbocycles. The van der Waals surface area contributed by atoms with E-state index >= 15 is 0 Å². The molecule has 0 bridgehead atoms. The first kappa shape index (κ1) is 17.7. The Morgan fingerprint density at radius 1 is 1.00 bits per heavy atom. The number of ether oxygens (including phenoxy) is 2. The highest BCUT2D eigenvalue weighted by atomic mass is 16.5. The van der Waals surface area contributed by atoms with Crippen molar-refractivity contribution in [2.45, 2.75) is 26.2 Å². The molecule has 2 rings (SSSR count). The average molecular weight is 328 g/mol. The van der Waals surface area contributed by atoms with E-state index in [1.54, 1.807) is 6.92 Å². The van der Waals surface area contributed by atoms with Gasteiger partial charge in [0.15, 0.2) is 0 Å². The molecule has 1 aliphatic carbocycles. The second kappa shape index (κ2) is 7.73. The zero-order valence-electron chi connectivity index (χ0n) is 14.0. The lowest BCUT2D eigenvalue weighted by Crippen LogP contribution is -2.26. The Labute approximate surface area is 141 Å². The summed E-state index contributed by atoms with van der Waals surface area (Å²) in [6.45, 7) is 1.62. The molecular weight excluding hydrogens is 308 g/mol. The molecule has 1 aromatic rings. The Morgan fingerprint density at radius 3 is 2.25 bits per heavy atom. The van der Waals surface area contributed by atoms with Crippen molar-refractivity contribution >= 4 is 17.9 Å². The number of Topliss-reactive ketones (excluding diaryl/α,β-unsaturated/α-hetero) is 2. The molecule has 1 aromatic carbocycles. The molecular formula is C19H20O5. The number of rotatable bonds is 7. The first-order valence-electron chi connectivity index (χ1n) is 7.66. The highest BCUT2D eigenvalue weighted by Gasteiger charge is 2.34. The molecule has 0 N–H and O–H groups in total. The molecule has 0 fully saturated rings. The molecule has 0 spiro atoms. The summed E-state index contributed by atoms with van der Waals surface area (Å²) in [5, 5.41) is 0. The summed E-state index contributed by atoms with van der Waals surface area (Å²) in [5.41, 5.74) is 2.71. The van der Waals surface area contributed by atoms with E-state index in [1.165, 1.54) is 14.2 Å². The minimum absolute atomic E-state index is 0.0523. The molecule has 24 heavy (non-hydrogen) atoms. The summed E-state index contributed by atoms with van der Waals surface area (Å²) < 4.78 is 10.1. The molecule has 0 aromatic heterocycles. The molecule has 0 atom stereocenters. The number of carbonyl (C=O) groups is 3. The molecule has 126 valence electrons. The number of allylic oxidation sites excluding steroid dienone is 2.